The van der Waals surface area contributed by atoms with Crippen LogP contribution in [0.1, 0.15) is 26.7 Å². The summed E-state index contributed by atoms with van der Waals surface area (Å²) >= 11 is 0. The Balaban J connectivity index is 1.95. The smallest absolute Gasteiger partial charge is 0.246 e. The Bertz CT molecular complexity index is 722. The predicted molar refractivity (Wildman–Crippen MR) is 96.9 cm³/mol. The van der Waals surface area contributed by atoms with E-state index in [4.69, 9.17) is 4.74 Å². The molecule has 1 heterocycles. The van der Waals surface area contributed by atoms with Crippen LogP contribution in [0.15, 0.2) is 40.8 Å². The Morgan fingerprint density at radius 3 is 2.60 bits per heavy atom. The third kappa shape index (κ3) is 5.57. The normalized spacial score (nSPS) is 17.9. The topological polar surface area (TPSA) is 75.7 Å². The molecule has 0 aliphatic carbocycles. The van der Waals surface area contributed by atoms with Crippen molar-refractivity contribution in [2.75, 3.05) is 26.7 Å². The number of allylic oxidation sites excluding steroid dienone is 1. The molecule has 1 saturated heterocycles. The van der Waals surface area contributed by atoms with Crippen molar-refractivity contribution in [3.63, 3.8) is 0 Å². The Morgan fingerprint density at radius 2 is 2.00 bits per heavy atom. The maximum Gasteiger partial charge on any atom is 0.246 e. The molecule has 1 aromatic rings. The largest absolute Gasteiger partial charge is 0.497 e. The molecule has 2 rings (SSSR count). The highest BCUT2D eigenvalue weighted by Crippen LogP contribution is 2.19. The van der Waals surface area contributed by atoms with Gasteiger partial charge in [0.2, 0.25) is 15.9 Å². The summed E-state index contributed by atoms with van der Waals surface area (Å²) in [6, 6.07) is 6.28. The monoisotopic (exact) mass is 366 g/mol. The maximum absolute atomic E-state index is 12.4. The Labute approximate surface area is 149 Å². The molecule has 138 valence electrons. The number of nitrogens with zero attached hydrogens (tertiary/aromatic N) is 1. The van der Waals surface area contributed by atoms with Gasteiger partial charge in [0.05, 0.1) is 12.0 Å². The fraction of sp³-hybridized carbons (Fsp3) is 0.500. The van der Waals surface area contributed by atoms with Crippen LogP contribution in [0.2, 0.25) is 0 Å². The second-order valence-electron chi connectivity index (χ2n) is 6.54. The molecule has 1 amide bonds. The molecule has 1 fully saturated rings. The third-order valence-electron chi connectivity index (χ3n) is 4.17. The minimum Gasteiger partial charge on any atom is -0.497 e. The van der Waals surface area contributed by atoms with Crippen molar-refractivity contribution < 1.29 is 17.9 Å². The van der Waals surface area contributed by atoms with Gasteiger partial charge in [0.25, 0.3) is 0 Å². The molecule has 1 atom stereocenters. The van der Waals surface area contributed by atoms with Crippen molar-refractivity contribution in [3.05, 3.63) is 35.9 Å². The average Bonchev–Trinajstić information content (AvgIpc) is 2.60. The van der Waals surface area contributed by atoms with E-state index >= 15 is 0 Å². The van der Waals surface area contributed by atoms with E-state index in [1.165, 1.54) is 19.2 Å². The van der Waals surface area contributed by atoms with Crippen LogP contribution in [0.3, 0.4) is 0 Å². The van der Waals surface area contributed by atoms with Crippen molar-refractivity contribution in [3.8, 4) is 5.75 Å². The van der Waals surface area contributed by atoms with Gasteiger partial charge in [0, 0.05) is 25.7 Å². The molecule has 0 spiro atoms. The standard InChI is InChI=1S/C18H26N2O4S/c1-14(2)11-18(21)20-10-4-5-15(13-20)12-19-25(22,23)17-8-6-16(24-3)7-9-17/h6-9,11,15,19H,4-5,10,12-13H2,1-3H3/t15-/m0/s1. The van der Waals surface area contributed by atoms with Gasteiger partial charge in [-0.2, -0.15) is 0 Å². The van der Waals surface area contributed by atoms with Crippen molar-refractivity contribution in [1.29, 1.82) is 0 Å². The molecule has 1 N–H and O–H groups in total. The molecule has 7 heteroatoms. The van der Waals surface area contributed by atoms with E-state index < -0.39 is 10.0 Å². The number of benzene rings is 1. The van der Waals surface area contributed by atoms with Crippen LogP contribution in [-0.4, -0.2) is 46.0 Å². The van der Waals surface area contributed by atoms with E-state index in [0.29, 0.717) is 18.8 Å². The van der Waals surface area contributed by atoms with E-state index in [9.17, 15) is 13.2 Å². The molecule has 25 heavy (non-hydrogen) atoms. The van der Waals surface area contributed by atoms with Crippen molar-refractivity contribution in [2.24, 2.45) is 5.92 Å². The van der Waals surface area contributed by atoms with Crippen LogP contribution in [0.25, 0.3) is 0 Å². The summed E-state index contributed by atoms with van der Waals surface area (Å²) < 4.78 is 32.5. The van der Waals surface area contributed by atoms with Gasteiger partial charge < -0.3 is 9.64 Å². The van der Waals surface area contributed by atoms with Crippen LogP contribution >= 0.6 is 0 Å². The predicted octanol–water partition coefficient (Wildman–Crippen LogP) is 2.18. The van der Waals surface area contributed by atoms with Crippen LogP contribution in [0.5, 0.6) is 5.75 Å². The summed E-state index contributed by atoms with van der Waals surface area (Å²) in [6.07, 6.45) is 3.42. The van der Waals surface area contributed by atoms with Gasteiger partial charge in [-0.25, -0.2) is 13.1 Å². The van der Waals surface area contributed by atoms with E-state index in [2.05, 4.69) is 4.72 Å². The van der Waals surface area contributed by atoms with Gasteiger partial charge in [-0.15, -0.1) is 0 Å². The number of likely N-dealkylation sites (tertiary alicyclic amines) is 1. The van der Waals surface area contributed by atoms with Gasteiger partial charge in [-0.3, -0.25) is 4.79 Å². The first-order valence-corrected chi connectivity index (χ1v) is 9.87. The van der Waals surface area contributed by atoms with Gasteiger partial charge in [0.15, 0.2) is 0 Å². The summed E-state index contributed by atoms with van der Waals surface area (Å²) in [6.45, 7) is 5.41. The quantitative estimate of drug-likeness (QED) is 0.783. The number of piperidine rings is 1. The lowest BCUT2D eigenvalue weighted by Gasteiger charge is -2.32. The molecular weight excluding hydrogens is 340 g/mol. The molecule has 1 aliphatic heterocycles. The zero-order valence-corrected chi connectivity index (χ0v) is 15.8. The van der Waals surface area contributed by atoms with E-state index in [-0.39, 0.29) is 16.7 Å². The fourth-order valence-electron chi connectivity index (χ4n) is 2.84. The maximum atomic E-state index is 12.4. The Morgan fingerprint density at radius 1 is 1.32 bits per heavy atom. The number of sulfonamides is 1. The highest BCUT2D eigenvalue weighted by Gasteiger charge is 2.24. The van der Waals surface area contributed by atoms with E-state index in [0.717, 1.165) is 25.0 Å². The lowest BCUT2D eigenvalue weighted by molar-refractivity contribution is -0.127. The van der Waals surface area contributed by atoms with Crippen LogP contribution in [0, 0.1) is 5.92 Å². The van der Waals surface area contributed by atoms with Gasteiger partial charge in [-0.1, -0.05) is 5.57 Å². The summed E-state index contributed by atoms with van der Waals surface area (Å²) in [5.74, 6) is 0.735. The van der Waals surface area contributed by atoms with Crippen molar-refractivity contribution in [2.45, 2.75) is 31.6 Å². The van der Waals surface area contributed by atoms with Crippen LogP contribution in [0.4, 0.5) is 0 Å². The van der Waals surface area contributed by atoms with Gasteiger partial charge in [-0.05, 0) is 56.9 Å². The molecular formula is C18H26N2O4S. The molecule has 0 unspecified atom stereocenters. The van der Waals surface area contributed by atoms with E-state index in [1.807, 2.05) is 13.8 Å². The first kappa shape index (κ1) is 19.5. The van der Waals surface area contributed by atoms with Gasteiger partial charge >= 0.3 is 0 Å². The SMILES string of the molecule is COc1ccc(S(=O)(=O)NC[C@@H]2CCCN(C(=O)C=C(C)C)C2)cc1. The molecule has 6 nitrogen and oxygen atoms in total. The molecule has 0 bridgehead atoms. The molecule has 1 aromatic carbocycles. The van der Waals surface area contributed by atoms with Crippen molar-refractivity contribution in [1.82, 2.24) is 9.62 Å². The Hall–Kier alpha value is -1.86. The molecule has 0 saturated carbocycles. The zero-order valence-electron chi connectivity index (χ0n) is 15.0. The second-order valence-corrected chi connectivity index (χ2v) is 8.31. The highest BCUT2D eigenvalue weighted by molar-refractivity contribution is 7.89. The summed E-state index contributed by atoms with van der Waals surface area (Å²) in [4.78, 5) is 14.1. The third-order valence-corrected chi connectivity index (χ3v) is 5.61. The number of ether oxygens (including phenoxy) is 1. The van der Waals surface area contributed by atoms with Crippen LogP contribution < -0.4 is 9.46 Å². The first-order chi connectivity index (χ1) is 11.8. The summed E-state index contributed by atoms with van der Waals surface area (Å²) in [5.41, 5.74) is 0.965. The minimum atomic E-state index is -3.56. The number of methoxy groups -OCH3 is 1. The molecule has 0 radical (unpaired) electrons. The Kier molecular flexibility index (Phi) is 6.61. The number of nitrogens with one attached hydrogen (secondary N) is 1. The zero-order chi connectivity index (χ0) is 18.4. The minimum absolute atomic E-state index is 0.00251. The first-order valence-electron chi connectivity index (χ1n) is 8.39. The molecule has 0 aromatic heterocycles. The number of carbonyl (C=O) groups excluding carboxylic acids is 1. The van der Waals surface area contributed by atoms with Gasteiger partial charge in [0.1, 0.15) is 5.75 Å². The molecule has 1 aliphatic rings. The number of hydrogen-bond donors (Lipinski definition) is 1. The lowest BCUT2D eigenvalue weighted by atomic mass is 9.98. The highest BCUT2D eigenvalue weighted by atomic mass is 32.2. The summed E-state index contributed by atoms with van der Waals surface area (Å²) in [5, 5.41) is 0. The number of amides is 1. The van der Waals surface area contributed by atoms with Crippen LogP contribution in [-0.2, 0) is 14.8 Å². The van der Waals surface area contributed by atoms with E-state index in [1.54, 1.807) is 23.1 Å². The lowest BCUT2D eigenvalue weighted by Crippen LogP contribution is -2.43. The number of rotatable bonds is 6. The second kappa shape index (κ2) is 8.49. The van der Waals surface area contributed by atoms with Crippen molar-refractivity contribution >= 4 is 15.9 Å². The fourth-order valence-corrected chi connectivity index (χ4v) is 3.95. The number of hydrogen-bond acceptors (Lipinski definition) is 4. The average molecular weight is 366 g/mol. The summed E-state index contributed by atoms with van der Waals surface area (Å²) in [7, 11) is -2.03. The number of carbonyl (C=O) groups is 1.